The summed E-state index contributed by atoms with van der Waals surface area (Å²) in [5.41, 5.74) is -2.74. The van der Waals surface area contributed by atoms with Crippen molar-refractivity contribution >= 4 is 17.5 Å². The van der Waals surface area contributed by atoms with Crippen molar-refractivity contribution < 1.29 is 44.3 Å². The average molecular weight is 426 g/mol. The molecule has 3 aromatic rings. The van der Waals surface area contributed by atoms with Gasteiger partial charge >= 0.3 is 11.6 Å². The second kappa shape index (κ2) is 7.67. The van der Waals surface area contributed by atoms with Crippen molar-refractivity contribution in [3.63, 3.8) is 0 Å². The van der Waals surface area contributed by atoms with Crippen LogP contribution in [0.15, 0.2) is 45.8 Å². The highest BCUT2D eigenvalue weighted by Crippen LogP contribution is 2.44. The van der Waals surface area contributed by atoms with Gasteiger partial charge in [0, 0.05) is 23.3 Å². The number of hydrogen-bond acceptors (Lipinski definition) is 9. The van der Waals surface area contributed by atoms with Gasteiger partial charge in [-0.3, -0.25) is 9.59 Å². The first-order valence-corrected chi connectivity index (χ1v) is 8.57. The molecular weight excluding hydrogens is 412 g/mol. The summed E-state index contributed by atoms with van der Waals surface area (Å²) < 4.78 is 4.37. The average Bonchev–Trinajstić information content (AvgIpc) is 2.69. The number of rotatable bonds is 1. The van der Waals surface area contributed by atoms with E-state index >= 15 is 0 Å². The quantitative estimate of drug-likeness (QED) is 0.223. The molecule has 1 aromatic heterocycles. The summed E-state index contributed by atoms with van der Waals surface area (Å²) in [4.78, 5) is 46.6. The highest BCUT2D eigenvalue weighted by atomic mass is 16.4. The van der Waals surface area contributed by atoms with E-state index in [-0.39, 0.29) is 22.3 Å². The fourth-order valence-electron chi connectivity index (χ4n) is 3.22. The van der Waals surface area contributed by atoms with Crippen molar-refractivity contribution in [1.29, 1.82) is 0 Å². The molecule has 0 saturated carbocycles. The zero-order valence-corrected chi connectivity index (χ0v) is 15.7. The van der Waals surface area contributed by atoms with Crippen LogP contribution in [0.25, 0.3) is 0 Å². The van der Waals surface area contributed by atoms with Crippen LogP contribution in [-0.4, -0.2) is 43.1 Å². The summed E-state index contributed by atoms with van der Waals surface area (Å²) in [6.45, 7) is 1.25. The number of phenolic OH excluding ortho intramolecular Hbond substituents is 3. The first-order valence-electron chi connectivity index (χ1n) is 8.57. The van der Waals surface area contributed by atoms with Crippen LogP contribution in [0.2, 0.25) is 0 Å². The van der Waals surface area contributed by atoms with E-state index in [4.69, 9.17) is 5.11 Å². The van der Waals surface area contributed by atoms with E-state index in [1.54, 1.807) is 12.1 Å². The molecule has 0 radical (unpaired) electrons. The van der Waals surface area contributed by atoms with Crippen LogP contribution in [0.1, 0.15) is 47.8 Å². The SMILES string of the molecule is Cc1c(C(=O)O)c(O)cc2c1C(=O)c1c(O)cc(O)c(O)c1C2=O.O=c1cccco1. The Morgan fingerprint density at radius 3 is 2.03 bits per heavy atom. The van der Waals surface area contributed by atoms with Gasteiger partial charge in [-0.1, -0.05) is 6.07 Å². The minimum absolute atomic E-state index is 0.145. The standard InChI is InChI=1S/C16H10O8.C5H4O2/c1-4-9-5(2-6(17)10(4)16(23)24)13(20)12-11(15(9)22)7(18)3-8(19)14(12)21;6-5-3-1-2-4-7-5/h2-3,17-19,21H,1H3,(H,23,24);1-4H. The van der Waals surface area contributed by atoms with E-state index < -0.39 is 57.2 Å². The molecule has 0 bridgehead atoms. The Labute approximate surface area is 172 Å². The van der Waals surface area contributed by atoms with Gasteiger partial charge in [0.05, 0.1) is 17.4 Å². The van der Waals surface area contributed by atoms with Crippen LogP contribution < -0.4 is 5.63 Å². The molecule has 1 aliphatic rings. The van der Waals surface area contributed by atoms with Crippen molar-refractivity contribution in [2.24, 2.45) is 0 Å². The Kier molecular flexibility index (Phi) is 5.23. The molecule has 4 rings (SSSR count). The van der Waals surface area contributed by atoms with E-state index in [9.17, 15) is 39.6 Å². The zero-order valence-electron chi connectivity index (χ0n) is 15.7. The Morgan fingerprint density at radius 1 is 0.839 bits per heavy atom. The molecule has 5 N–H and O–H groups in total. The third-order valence-electron chi connectivity index (χ3n) is 4.56. The third-order valence-corrected chi connectivity index (χ3v) is 4.56. The zero-order chi connectivity index (χ0) is 23.0. The van der Waals surface area contributed by atoms with Crippen LogP contribution in [0.3, 0.4) is 0 Å². The van der Waals surface area contributed by atoms with Crippen LogP contribution in [0.5, 0.6) is 23.0 Å². The predicted octanol–water partition coefficient (Wildman–Crippen LogP) is 1.93. The molecule has 0 unspecified atom stereocenters. The number of aromatic hydroxyl groups is 4. The van der Waals surface area contributed by atoms with Gasteiger partial charge in [-0.25, -0.2) is 9.59 Å². The number of benzene rings is 2. The summed E-state index contributed by atoms with van der Waals surface area (Å²) >= 11 is 0. The van der Waals surface area contributed by atoms with Gasteiger partial charge in [0.15, 0.2) is 23.1 Å². The fourth-order valence-corrected chi connectivity index (χ4v) is 3.22. The van der Waals surface area contributed by atoms with Gasteiger partial charge < -0.3 is 29.9 Å². The first kappa shape index (κ1) is 21.1. The lowest BCUT2D eigenvalue weighted by atomic mass is 9.79. The maximum atomic E-state index is 12.7. The number of carbonyl (C=O) groups excluding carboxylic acids is 2. The molecule has 0 atom stereocenters. The number of ketones is 2. The number of carboxylic acids is 1. The summed E-state index contributed by atoms with van der Waals surface area (Å²) in [5, 5.41) is 48.3. The lowest BCUT2D eigenvalue weighted by Gasteiger charge is -2.22. The second-order valence-electron chi connectivity index (χ2n) is 6.42. The largest absolute Gasteiger partial charge is 0.507 e. The van der Waals surface area contributed by atoms with Crippen LogP contribution >= 0.6 is 0 Å². The summed E-state index contributed by atoms with van der Waals surface area (Å²) in [6.07, 6.45) is 1.35. The number of phenols is 4. The smallest absolute Gasteiger partial charge is 0.339 e. The Bertz CT molecular complexity index is 1300. The van der Waals surface area contributed by atoms with Gasteiger partial charge in [-0.2, -0.15) is 0 Å². The van der Waals surface area contributed by atoms with Crippen molar-refractivity contribution in [2.75, 3.05) is 0 Å². The van der Waals surface area contributed by atoms with E-state index in [1.807, 2.05) is 0 Å². The molecule has 0 fully saturated rings. The number of hydrogen-bond donors (Lipinski definition) is 5. The van der Waals surface area contributed by atoms with Gasteiger partial charge in [-0.15, -0.1) is 0 Å². The van der Waals surface area contributed by atoms with E-state index in [1.165, 1.54) is 19.3 Å². The predicted molar refractivity (Wildman–Crippen MR) is 103 cm³/mol. The molecular formula is C21H14O10. The van der Waals surface area contributed by atoms with E-state index in [2.05, 4.69) is 4.42 Å². The molecule has 0 spiro atoms. The topological polar surface area (TPSA) is 183 Å². The molecule has 2 aromatic carbocycles. The lowest BCUT2D eigenvalue weighted by molar-refractivity contribution is 0.0692. The fraction of sp³-hybridized carbons (Fsp3) is 0.0476. The van der Waals surface area contributed by atoms with Gasteiger partial charge in [0.25, 0.3) is 0 Å². The molecule has 1 heterocycles. The number of fused-ring (bicyclic) bond motifs is 2. The number of aromatic carboxylic acids is 1. The monoisotopic (exact) mass is 426 g/mol. The van der Waals surface area contributed by atoms with Gasteiger partial charge in [-0.05, 0) is 24.6 Å². The van der Waals surface area contributed by atoms with Crippen molar-refractivity contribution in [3.8, 4) is 23.0 Å². The summed E-state index contributed by atoms with van der Waals surface area (Å²) in [6, 6.07) is 6.17. The molecule has 10 nitrogen and oxygen atoms in total. The van der Waals surface area contributed by atoms with E-state index in [0.29, 0.717) is 6.07 Å². The van der Waals surface area contributed by atoms with Crippen molar-refractivity contribution in [2.45, 2.75) is 6.92 Å². The summed E-state index contributed by atoms with van der Waals surface area (Å²) in [7, 11) is 0. The molecule has 1 aliphatic carbocycles. The van der Waals surface area contributed by atoms with E-state index in [0.717, 1.165) is 6.07 Å². The Balaban J connectivity index is 0.000000330. The van der Waals surface area contributed by atoms with Gasteiger partial charge in [0.1, 0.15) is 17.1 Å². The summed E-state index contributed by atoms with van der Waals surface area (Å²) in [5.74, 6) is -6.44. The minimum Gasteiger partial charge on any atom is -0.507 e. The first-order chi connectivity index (χ1) is 14.6. The van der Waals surface area contributed by atoms with Gasteiger partial charge in [0.2, 0.25) is 0 Å². The maximum absolute atomic E-state index is 12.7. The number of carbonyl (C=O) groups is 3. The van der Waals surface area contributed by atoms with Crippen LogP contribution in [0, 0.1) is 6.92 Å². The normalized spacial score (nSPS) is 11.8. The lowest BCUT2D eigenvalue weighted by Crippen LogP contribution is -2.23. The molecule has 0 aliphatic heterocycles. The van der Waals surface area contributed by atoms with Crippen LogP contribution in [0.4, 0.5) is 0 Å². The molecule has 0 saturated heterocycles. The minimum atomic E-state index is -1.49. The molecule has 10 heteroatoms. The highest BCUT2D eigenvalue weighted by molar-refractivity contribution is 6.31. The number of carboxylic acid groups (broad SMARTS) is 1. The molecule has 31 heavy (non-hydrogen) atoms. The Morgan fingerprint density at radius 2 is 1.52 bits per heavy atom. The Hall–Kier alpha value is -4.60. The molecule has 0 amide bonds. The third kappa shape index (κ3) is 3.46. The van der Waals surface area contributed by atoms with Crippen molar-refractivity contribution in [3.05, 3.63) is 80.4 Å². The molecule has 158 valence electrons. The second-order valence-corrected chi connectivity index (χ2v) is 6.42. The van der Waals surface area contributed by atoms with Crippen LogP contribution in [-0.2, 0) is 0 Å². The van der Waals surface area contributed by atoms with Crippen molar-refractivity contribution in [1.82, 2.24) is 0 Å². The maximum Gasteiger partial charge on any atom is 0.339 e. The highest BCUT2D eigenvalue weighted by Gasteiger charge is 2.38.